The average molecular weight is 494 g/mol. The summed E-state index contributed by atoms with van der Waals surface area (Å²) >= 11 is 0. The van der Waals surface area contributed by atoms with Gasteiger partial charge < -0.3 is 30.1 Å². The average Bonchev–Trinajstić information content (AvgIpc) is 2.83. The summed E-state index contributed by atoms with van der Waals surface area (Å²) in [5.74, 6) is -0.0887. The maximum Gasteiger partial charge on any atom is 0.335 e. The van der Waals surface area contributed by atoms with Crippen LogP contribution in [0.2, 0.25) is 0 Å². The minimum absolute atomic E-state index is 0.0416. The predicted octanol–water partition coefficient (Wildman–Crippen LogP) is 4.15. The Hall–Kier alpha value is -3.88. The van der Waals surface area contributed by atoms with E-state index < -0.39 is 18.0 Å². The number of benzene rings is 3. The van der Waals surface area contributed by atoms with Crippen LogP contribution in [0.3, 0.4) is 0 Å². The van der Waals surface area contributed by atoms with Crippen LogP contribution in [-0.2, 0) is 17.6 Å². The van der Waals surface area contributed by atoms with Crippen molar-refractivity contribution < 1.29 is 34.4 Å². The Morgan fingerprint density at radius 2 is 1.36 bits per heavy atom. The number of nitrogens with one attached hydrogen (secondary N) is 1. The Balaban J connectivity index is 1.43. The lowest BCUT2D eigenvalue weighted by atomic mass is 9.94. The van der Waals surface area contributed by atoms with E-state index in [1.165, 1.54) is 12.1 Å². The molecule has 3 aromatic carbocycles. The summed E-state index contributed by atoms with van der Waals surface area (Å²) in [6.45, 7) is 4.56. The number of carbonyl (C=O) groups is 2. The lowest BCUT2D eigenvalue weighted by Gasteiger charge is -2.28. The zero-order valence-electron chi connectivity index (χ0n) is 20.3. The third kappa shape index (κ3) is 8.72. The standard InChI is InChI=1S/C28H31NO7/c1-28(2,29-17-22(30)18-35-23-9-3-19(4-10-23)15-26(31)32)16-20-5-11-24(12-6-20)36-25-13-7-21(8-14-25)27(33)34/h3-14,22,29-30H,15-18H2,1-2H3,(H,31,32)(H,33,34)/t22-/m0/s1. The van der Waals surface area contributed by atoms with Gasteiger partial charge in [-0.2, -0.15) is 0 Å². The van der Waals surface area contributed by atoms with Crippen LogP contribution in [0.25, 0.3) is 0 Å². The molecule has 8 heteroatoms. The number of aliphatic hydroxyl groups is 1. The first-order chi connectivity index (χ1) is 17.1. The molecule has 0 radical (unpaired) electrons. The fourth-order valence-corrected chi connectivity index (χ4v) is 3.57. The number of hydrogen-bond donors (Lipinski definition) is 4. The largest absolute Gasteiger partial charge is 0.491 e. The van der Waals surface area contributed by atoms with Crippen molar-refractivity contribution in [2.75, 3.05) is 13.2 Å². The van der Waals surface area contributed by atoms with Gasteiger partial charge in [0.2, 0.25) is 0 Å². The van der Waals surface area contributed by atoms with Crippen molar-refractivity contribution in [3.8, 4) is 17.2 Å². The van der Waals surface area contributed by atoms with Crippen LogP contribution >= 0.6 is 0 Å². The molecule has 0 aromatic heterocycles. The third-order valence-electron chi connectivity index (χ3n) is 5.44. The fraction of sp³-hybridized carbons (Fsp3) is 0.286. The zero-order chi connectivity index (χ0) is 26.1. The molecule has 190 valence electrons. The SMILES string of the molecule is CC(C)(Cc1ccc(Oc2ccc(C(=O)O)cc2)cc1)NC[C@H](O)COc1ccc(CC(=O)O)cc1. The fourth-order valence-electron chi connectivity index (χ4n) is 3.57. The van der Waals surface area contributed by atoms with E-state index in [1.807, 2.05) is 24.3 Å². The zero-order valence-corrected chi connectivity index (χ0v) is 20.3. The van der Waals surface area contributed by atoms with Gasteiger partial charge in [-0.3, -0.25) is 4.79 Å². The summed E-state index contributed by atoms with van der Waals surface area (Å²) in [7, 11) is 0. The molecule has 0 bridgehead atoms. The highest BCUT2D eigenvalue weighted by atomic mass is 16.5. The van der Waals surface area contributed by atoms with Gasteiger partial charge in [-0.15, -0.1) is 0 Å². The number of carboxylic acids is 2. The minimum atomic E-state index is -0.980. The number of hydrogen-bond acceptors (Lipinski definition) is 6. The van der Waals surface area contributed by atoms with Gasteiger partial charge in [0.15, 0.2) is 0 Å². The summed E-state index contributed by atoms with van der Waals surface area (Å²) in [6, 6.07) is 20.7. The Morgan fingerprint density at radius 1 is 0.833 bits per heavy atom. The number of β-amino-alcohol motifs (C(OH)–C–C–N with tert-alkyl or cyclic N) is 1. The number of aliphatic carboxylic acids is 1. The van der Waals surface area contributed by atoms with E-state index in [0.29, 0.717) is 29.4 Å². The molecule has 0 heterocycles. The normalized spacial score (nSPS) is 12.1. The lowest BCUT2D eigenvalue weighted by Crippen LogP contribution is -2.46. The van der Waals surface area contributed by atoms with Crippen LogP contribution in [-0.4, -0.2) is 52.1 Å². The second-order valence-corrected chi connectivity index (χ2v) is 9.20. The van der Waals surface area contributed by atoms with E-state index in [-0.39, 0.29) is 24.1 Å². The molecule has 8 nitrogen and oxygen atoms in total. The van der Waals surface area contributed by atoms with Crippen molar-refractivity contribution in [3.05, 3.63) is 89.5 Å². The van der Waals surface area contributed by atoms with Gasteiger partial charge in [-0.25, -0.2) is 4.79 Å². The second-order valence-electron chi connectivity index (χ2n) is 9.20. The van der Waals surface area contributed by atoms with Crippen LogP contribution in [0.15, 0.2) is 72.8 Å². The van der Waals surface area contributed by atoms with Crippen molar-refractivity contribution in [3.63, 3.8) is 0 Å². The van der Waals surface area contributed by atoms with E-state index in [4.69, 9.17) is 19.7 Å². The second kappa shape index (κ2) is 12.2. The predicted molar refractivity (Wildman–Crippen MR) is 135 cm³/mol. The first-order valence-corrected chi connectivity index (χ1v) is 11.6. The Bertz CT molecular complexity index is 1140. The Morgan fingerprint density at radius 3 is 1.92 bits per heavy atom. The van der Waals surface area contributed by atoms with E-state index in [2.05, 4.69) is 19.2 Å². The highest BCUT2D eigenvalue weighted by Crippen LogP contribution is 2.23. The monoisotopic (exact) mass is 493 g/mol. The van der Waals surface area contributed by atoms with Gasteiger partial charge in [0.1, 0.15) is 30.0 Å². The lowest BCUT2D eigenvalue weighted by molar-refractivity contribution is -0.136. The molecule has 1 atom stereocenters. The van der Waals surface area contributed by atoms with Gasteiger partial charge in [-0.05, 0) is 79.9 Å². The van der Waals surface area contributed by atoms with Crippen LogP contribution in [0.4, 0.5) is 0 Å². The van der Waals surface area contributed by atoms with Crippen LogP contribution in [0, 0.1) is 0 Å². The third-order valence-corrected chi connectivity index (χ3v) is 5.44. The molecule has 0 saturated heterocycles. The highest BCUT2D eigenvalue weighted by molar-refractivity contribution is 5.87. The van der Waals surface area contributed by atoms with Crippen LogP contribution in [0.1, 0.15) is 35.3 Å². The molecule has 4 N–H and O–H groups in total. The number of aromatic carboxylic acids is 1. The summed E-state index contributed by atoms with van der Waals surface area (Å²) < 4.78 is 11.4. The number of ether oxygens (including phenoxy) is 2. The molecule has 36 heavy (non-hydrogen) atoms. The molecule has 0 amide bonds. The molecule has 3 aromatic rings. The molecule has 0 saturated carbocycles. The van der Waals surface area contributed by atoms with E-state index in [1.54, 1.807) is 36.4 Å². The van der Waals surface area contributed by atoms with E-state index in [0.717, 1.165) is 12.0 Å². The molecule has 0 aliphatic carbocycles. The first kappa shape index (κ1) is 26.7. The minimum Gasteiger partial charge on any atom is -0.491 e. The van der Waals surface area contributed by atoms with Crippen molar-refractivity contribution in [2.24, 2.45) is 0 Å². The van der Waals surface area contributed by atoms with Crippen molar-refractivity contribution in [1.29, 1.82) is 0 Å². The maximum atomic E-state index is 11.0. The summed E-state index contributed by atoms with van der Waals surface area (Å²) in [6.07, 6.45) is -0.0366. The van der Waals surface area contributed by atoms with E-state index in [9.17, 15) is 14.7 Å². The van der Waals surface area contributed by atoms with Gasteiger partial charge in [0.25, 0.3) is 0 Å². The van der Waals surface area contributed by atoms with Crippen LogP contribution in [0.5, 0.6) is 17.2 Å². The maximum absolute atomic E-state index is 11.0. The van der Waals surface area contributed by atoms with Gasteiger partial charge in [0, 0.05) is 12.1 Å². The molecular formula is C28H31NO7. The molecule has 0 fully saturated rings. The van der Waals surface area contributed by atoms with Crippen molar-refractivity contribution in [2.45, 2.75) is 38.3 Å². The summed E-state index contributed by atoms with van der Waals surface area (Å²) in [5, 5.41) is 31.5. The van der Waals surface area contributed by atoms with Crippen molar-refractivity contribution in [1.82, 2.24) is 5.32 Å². The number of rotatable bonds is 13. The molecule has 0 spiro atoms. The Kier molecular flexibility index (Phi) is 9.05. The molecular weight excluding hydrogens is 462 g/mol. The van der Waals surface area contributed by atoms with Crippen molar-refractivity contribution >= 4 is 11.9 Å². The Labute approximate surface area is 210 Å². The quantitative estimate of drug-likeness (QED) is 0.280. The molecule has 0 aliphatic heterocycles. The molecule has 0 aliphatic rings. The van der Waals surface area contributed by atoms with Gasteiger partial charge in [-0.1, -0.05) is 24.3 Å². The highest BCUT2D eigenvalue weighted by Gasteiger charge is 2.19. The molecule has 3 rings (SSSR count). The topological polar surface area (TPSA) is 125 Å². The summed E-state index contributed by atoms with van der Waals surface area (Å²) in [5.41, 5.74) is 1.70. The number of carboxylic acid groups (broad SMARTS) is 2. The molecule has 0 unspecified atom stereocenters. The summed E-state index contributed by atoms with van der Waals surface area (Å²) in [4.78, 5) is 21.7. The smallest absolute Gasteiger partial charge is 0.335 e. The van der Waals surface area contributed by atoms with E-state index >= 15 is 0 Å². The van der Waals surface area contributed by atoms with Gasteiger partial charge >= 0.3 is 11.9 Å². The first-order valence-electron chi connectivity index (χ1n) is 11.6. The number of aliphatic hydroxyl groups excluding tert-OH is 1. The van der Waals surface area contributed by atoms with Gasteiger partial charge in [0.05, 0.1) is 12.0 Å². The van der Waals surface area contributed by atoms with Crippen LogP contribution < -0.4 is 14.8 Å².